The summed E-state index contributed by atoms with van der Waals surface area (Å²) in [4.78, 5) is 39.7. The minimum atomic E-state index is -0.267. The number of hydrazine groups is 1. The number of hydrogen-bond acceptors (Lipinski definition) is 6. The molecular weight excluding hydrogens is 480 g/mol. The molecule has 1 aliphatic rings. The van der Waals surface area contributed by atoms with Crippen molar-refractivity contribution in [2.24, 2.45) is 0 Å². The number of fused-ring (bicyclic) bond motifs is 1. The van der Waals surface area contributed by atoms with Gasteiger partial charge in [-0.1, -0.05) is 49.7 Å². The van der Waals surface area contributed by atoms with Crippen molar-refractivity contribution < 1.29 is 14.4 Å². The van der Waals surface area contributed by atoms with Crippen LogP contribution in [-0.2, 0) is 22.7 Å². The number of halogens is 1. The molecule has 3 rings (SSSR count). The molecular formula is C26H35ClN6O3. The Labute approximate surface area is 217 Å². The molecule has 3 N–H and O–H groups in total. The second-order valence-electron chi connectivity index (χ2n) is 9.01. The minimum absolute atomic E-state index is 0.0131. The van der Waals surface area contributed by atoms with E-state index in [0.29, 0.717) is 42.5 Å². The Bertz CT molecular complexity index is 1070. The van der Waals surface area contributed by atoms with Crippen molar-refractivity contribution in [1.82, 2.24) is 26.0 Å². The number of carbonyl (C=O) groups is 3. The molecule has 1 aliphatic heterocycles. The van der Waals surface area contributed by atoms with E-state index < -0.39 is 0 Å². The van der Waals surface area contributed by atoms with Gasteiger partial charge in [0.25, 0.3) is 11.8 Å². The molecule has 0 radical (unpaired) electrons. The van der Waals surface area contributed by atoms with Gasteiger partial charge in [-0.15, -0.1) is 0 Å². The normalized spacial score (nSPS) is 12.9. The molecule has 0 saturated carbocycles. The predicted molar refractivity (Wildman–Crippen MR) is 142 cm³/mol. The van der Waals surface area contributed by atoms with Crippen molar-refractivity contribution in [1.29, 1.82) is 0 Å². The lowest BCUT2D eigenvalue weighted by molar-refractivity contribution is -0.145. The zero-order valence-electron chi connectivity index (χ0n) is 21.3. The third-order valence-electron chi connectivity index (χ3n) is 6.08. The zero-order chi connectivity index (χ0) is 26.2. The fourth-order valence-electron chi connectivity index (χ4n) is 4.02. The first-order chi connectivity index (χ1) is 17.2. The summed E-state index contributed by atoms with van der Waals surface area (Å²) < 4.78 is 0. The Morgan fingerprint density at radius 2 is 1.67 bits per heavy atom. The summed E-state index contributed by atoms with van der Waals surface area (Å²) in [6, 6.07) is 13.2. The summed E-state index contributed by atoms with van der Waals surface area (Å²) in [6.45, 7) is 6.25. The average molecular weight is 515 g/mol. The first-order valence-corrected chi connectivity index (χ1v) is 12.4. The van der Waals surface area contributed by atoms with Gasteiger partial charge in [0.1, 0.15) is 0 Å². The fourth-order valence-corrected chi connectivity index (χ4v) is 4.24. The van der Waals surface area contributed by atoms with Crippen LogP contribution in [-0.4, -0.2) is 74.1 Å². The second kappa shape index (κ2) is 12.8. The van der Waals surface area contributed by atoms with E-state index in [2.05, 4.69) is 28.1 Å². The molecule has 0 aliphatic carbocycles. The van der Waals surface area contributed by atoms with Gasteiger partial charge in [-0.05, 0) is 29.3 Å². The number of nitrogens with zero attached hydrogens (tertiary/aromatic N) is 3. The molecule has 2 aromatic rings. The van der Waals surface area contributed by atoms with Crippen LogP contribution in [0.25, 0.3) is 0 Å². The molecule has 0 bridgehead atoms. The van der Waals surface area contributed by atoms with Crippen LogP contribution in [0.3, 0.4) is 0 Å². The molecule has 3 amide bonds. The van der Waals surface area contributed by atoms with Crippen molar-refractivity contribution in [2.75, 3.05) is 45.2 Å². The third-order valence-corrected chi connectivity index (χ3v) is 6.40. The minimum Gasteiger partial charge on any atom is -0.355 e. The van der Waals surface area contributed by atoms with Gasteiger partial charge in [0.15, 0.2) is 0 Å². The van der Waals surface area contributed by atoms with Crippen molar-refractivity contribution in [3.63, 3.8) is 0 Å². The van der Waals surface area contributed by atoms with Gasteiger partial charge in [-0.3, -0.25) is 24.7 Å². The average Bonchev–Trinajstić information content (AvgIpc) is 3.30. The van der Waals surface area contributed by atoms with Crippen LogP contribution in [0.5, 0.6) is 0 Å². The van der Waals surface area contributed by atoms with Crippen LogP contribution in [0, 0.1) is 0 Å². The molecule has 10 heteroatoms. The lowest BCUT2D eigenvalue weighted by Gasteiger charge is -2.28. The summed E-state index contributed by atoms with van der Waals surface area (Å²) >= 11 is 6.43. The van der Waals surface area contributed by atoms with Gasteiger partial charge in [-0.25, -0.2) is 5.01 Å². The highest BCUT2D eigenvalue weighted by Gasteiger charge is 2.25. The Morgan fingerprint density at radius 1 is 1.03 bits per heavy atom. The molecule has 2 aromatic carbocycles. The lowest BCUT2D eigenvalue weighted by Crippen LogP contribution is -2.47. The van der Waals surface area contributed by atoms with Crippen LogP contribution >= 0.6 is 11.6 Å². The third kappa shape index (κ3) is 7.04. The van der Waals surface area contributed by atoms with Crippen molar-refractivity contribution >= 4 is 35.0 Å². The van der Waals surface area contributed by atoms with E-state index in [4.69, 9.17) is 11.6 Å². The van der Waals surface area contributed by atoms with Gasteiger partial charge in [-0.2, -0.15) is 0 Å². The number of rotatable bonds is 11. The molecule has 36 heavy (non-hydrogen) atoms. The van der Waals surface area contributed by atoms with Crippen LogP contribution in [0.2, 0.25) is 5.02 Å². The van der Waals surface area contributed by atoms with E-state index in [-0.39, 0.29) is 36.9 Å². The number of carbonyl (C=O) groups excluding carboxylic acids is 3. The highest BCUT2D eigenvalue weighted by atomic mass is 35.5. The quantitative estimate of drug-likeness (QED) is 0.424. The van der Waals surface area contributed by atoms with Crippen LogP contribution in [0.15, 0.2) is 42.5 Å². The van der Waals surface area contributed by atoms with Crippen molar-refractivity contribution in [2.45, 2.75) is 33.0 Å². The van der Waals surface area contributed by atoms with Crippen molar-refractivity contribution in [3.8, 4) is 0 Å². The molecule has 0 atom stereocenters. The number of hydrogen-bond donors (Lipinski definition) is 3. The molecule has 0 spiro atoms. The molecule has 0 fully saturated rings. The zero-order valence-corrected chi connectivity index (χ0v) is 22.1. The monoisotopic (exact) mass is 514 g/mol. The van der Waals surface area contributed by atoms with Gasteiger partial charge in [0.2, 0.25) is 5.91 Å². The van der Waals surface area contributed by atoms with Gasteiger partial charge < -0.3 is 15.5 Å². The Balaban J connectivity index is 1.62. The highest BCUT2D eigenvalue weighted by molar-refractivity contribution is 6.34. The van der Waals surface area contributed by atoms with Crippen LogP contribution < -0.4 is 20.9 Å². The first-order valence-electron chi connectivity index (χ1n) is 12.1. The lowest BCUT2D eigenvalue weighted by atomic mass is 10.1. The number of amides is 3. The summed E-state index contributed by atoms with van der Waals surface area (Å²) in [7, 11) is 3.29. The SMILES string of the molecule is CNC(=O)c1ccc(Cl)c(N(CCNC(C)C)C(=O)CNCC(=O)N(C)N2Cc3ccccc3C2)c1. The summed E-state index contributed by atoms with van der Waals surface area (Å²) in [5.41, 5.74) is 3.28. The molecule has 1 heterocycles. The molecule has 9 nitrogen and oxygen atoms in total. The summed E-state index contributed by atoms with van der Waals surface area (Å²) in [5, 5.41) is 12.8. The Hall–Kier alpha value is -2.98. The second-order valence-corrected chi connectivity index (χ2v) is 9.42. The largest absolute Gasteiger partial charge is 0.355 e. The van der Waals surface area contributed by atoms with E-state index in [1.54, 1.807) is 42.2 Å². The highest BCUT2D eigenvalue weighted by Crippen LogP contribution is 2.27. The smallest absolute Gasteiger partial charge is 0.251 e. The van der Waals surface area contributed by atoms with E-state index in [1.807, 2.05) is 31.0 Å². The molecule has 194 valence electrons. The van der Waals surface area contributed by atoms with E-state index in [0.717, 1.165) is 0 Å². The molecule has 0 aromatic heterocycles. The number of nitrogens with one attached hydrogen (secondary N) is 3. The fraction of sp³-hybridized carbons (Fsp3) is 0.423. The standard InChI is InChI=1S/C26H35ClN6O3/c1-18(2)30-11-12-33(23-13-19(26(36)28-3)9-10-22(23)27)25(35)15-29-14-24(34)31(4)32-16-20-7-5-6-8-21(20)17-32/h5-10,13,18,29-30H,11-12,14-17H2,1-4H3,(H,28,36). The van der Waals surface area contributed by atoms with Gasteiger partial charge in [0, 0.05) is 51.9 Å². The summed E-state index contributed by atoms with van der Waals surface area (Å²) in [6.07, 6.45) is 0. The van der Waals surface area contributed by atoms with Crippen molar-refractivity contribution in [3.05, 3.63) is 64.2 Å². The van der Waals surface area contributed by atoms with E-state index in [1.165, 1.54) is 11.1 Å². The maximum atomic E-state index is 13.2. The van der Waals surface area contributed by atoms with Gasteiger partial charge in [0.05, 0.1) is 23.8 Å². The first kappa shape index (κ1) is 27.6. The summed E-state index contributed by atoms with van der Waals surface area (Å²) in [5.74, 6) is -0.653. The Morgan fingerprint density at radius 3 is 2.28 bits per heavy atom. The number of likely N-dealkylation sites (N-methyl/N-ethyl adjacent to an activating group) is 1. The number of anilines is 1. The van der Waals surface area contributed by atoms with Gasteiger partial charge >= 0.3 is 0 Å². The molecule has 0 unspecified atom stereocenters. The van der Waals surface area contributed by atoms with E-state index in [9.17, 15) is 14.4 Å². The number of benzene rings is 2. The van der Waals surface area contributed by atoms with Crippen LogP contribution in [0.1, 0.15) is 35.3 Å². The maximum Gasteiger partial charge on any atom is 0.251 e. The van der Waals surface area contributed by atoms with E-state index >= 15 is 0 Å². The molecule has 0 saturated heterocycles. The Kier molecular flexibility index (Phi) is 9.83. The maximum absolute atomic E-state index is 13.2. The topological polar surface area (TPSA) is 97.0 Å². The van der Waals surface area contributed by atoms with Crippen LogP contribution in [0.4, 0.5) is 5.69 Å². The predicted octanol–water partition coefficient (Wildman–Crippen LogP) is 2.01.